The summed E-state index contributed by atoms with van der Waals surface area (Å²) in [6.45, 7) is 9.19. The van der Waals surface area contributed by atoms with Crippen LogP contribution in [0.5, 0.6) is 0 Å². The average molecular weight is 220 g/mol. The molecular weight excluding hydrogens is 198 g/mol. The third kappa shape index (κ3) is 2.88. The molecule has 0 unspecified atom stereocenters. The lowest BCUT2D eigenvalue weighted by atomic mass is 9.88. The van der Waals surface area contributed by atoms with Crippen LogP contribution in [0.25, 0.3) is 0 Å². The number of carbonyl (C=O) groups excluding carboxylic acids is 1. The van der Waals surface area contributed by atoms with Gasteiger partial charge in [-0.2, -0.15) is 0 Å². The van der Waals surface area contributed by atoms with Gasteiger partial charge in [0.05, 0.1) is 0 Å². The molecule has 0 rings (SSSR count). The van der Waals surface area contributed by atoms with Crippen LogP contribution in [0, 0.1) is 0 Å². The fraction of sp³-hybridized carbons (Fsp3) is 0.909. The number of hydrogen-bond acceptors (Lipinski definition) is 1. The molecule has 0 bridgehead atoms. The van der Waals surface area contributed by atoms with Crippen molar-refractivity contribution in [3.63, 3.8) is 0 Å². The Balaban J connectivity index is 4.79. The predicted octanol–water partition coefficient (Wildman–Crippen LogP) is 4.03. The van der Waals surface area contributed by atoms with Gasteiger partial charge in [-0.15, -0.1) is 0 Å². The Hall–Kier alpha value is -0.240. The molecule has 14 heavy (non-hydrogen) atoms. The lowest BCUT2D eigenvalue weighted by molar-refractivity contribution is 0.115. The molecule has 0 aromatic heterocycles. The van der Waals surface area contributed by atoms with Crippen LogP contribution < -0.4 is 0 Å². The molecule has 0 aliphatic carbocycles. The van der Waals surface area contributed by atoms with Gasteiger partial charge in [0.2, 0.25) is 0 Å². The summed E-state index contributed by atoms with van der Waals surface area (Å²) < 4.78 is 0. The van der Waals surface area contributed by atoms with Crippen LogP contribution in [0.4, 0.5) is 4.79 Å². The molecule has 0 aliphatic rings. The Bertz CT molecular complexity index is 170. The summed E-state index contributed by atoms with van der Waals surface area (Å²) in [6, 6.07) is 0. The molecule has 1 amide bonds. The van der Waals surface area contributed by atoms with Crippen LogP contribution in [0.2, 0.25) is 0 Å². The Kier molecular flexibility index (Phi) is 6.17. The maximum absolute atomic E-state index is 11.3. The maximum Gasteiger partial charge on any atom is 0.316 e. The molecule has 0 aromatic carbocycles. The average Bonchev–Trinajstić information content (AvgIpc) is 2.19. The Morgan fingerprint density at radius 2 is 1.57 bits per heavy atom. The smallest absolute Gasteiger partial charge is 0.316 e. The van der Waals surface area contributed by atoms with Crippen molar-refractivity contribution in [2.24, 2.45) is 0 Å². The first kappa shape index (κ1) is 13.8. The van der Waals surface area contributed by atoms with Crippen LogP contribution in [-0.2, 0) is 0 Å². The van der Waals surface area contributed by atoms with Gasteiger partial charge in [0, 0.05) is 12.1 Å². The number of hydrogen-bond donors (Lipinski definition) is 0. The molecule has 0 aromatic rings. The van der Waals surface area contributed by atoms with Crippen molar-refractivity contribution in [2.45, 2.75) is 58.9 Å². The zero-order valence-electron chi connectivity index (χ0n) is 9.77. The number of halogens is 1. The van der Waals surface area contributed by atoms with Gasteiger partial charge in [-0.1, -0.05) is 27.7 Å². The van der Waals surface area contributed by atoms with E-state index in [4.69, 9.17) is 11.6 Å². The van der Waals surface area contributed by atoms with E-state index in [2.05, 4.69) is 27.7 Å². The zero-order chi connectivity index (χ0) is 11.2. The quantitative estimate of drug-likeness (QED) is 0.488. The van der Waals surface area contributed by atoms with Crippen LogP contribution in [-0.4, -0.2) is 22.3 Å². The molecule has 0 saturated heterocycles. The van der Waals surface area contributed by atoms with Gasteiger partial charge >= 0.3 is 5.37 Å². The van der Waals surface area contributed by atoms with Crippen molar-refractivity contribution < 1.29 is 4.79 Å². The van der Waals surface area contributed by atoms with Crippen molar-refractivity contribution >= 4 is 17.0 Å². The van der Waals surface area contributed by atoms with Gasteiger partial charge in [-0.3, -0.25) is 4.79 Å². The summed E-state index contributed by atoms with van der Waals surface area (Å²) in [6.07, 6.45) is 3.87. The minimum atomic E-state index is -0.308. The van der Waals surface area contributed by atoms with E-state index < -0.39 is 0 Å². The van der Waals surface area contributed by atoms with Gasteiger partial charge in [-0.25, -0.2) is 0 Å². The fourth-order valence-corrected chi connectivity index (χ4v) is 2.32. The molecule has 3 heteroatoms. The first-order valence-electron chi connectivity index (χ1n) is 5.55. The van der Waals surface area contributed by atoms with Gasteiger partial charge in [0.15, 0.2) is 0 Å². The molecule has 0 aliphatic heterocycles. The summed E-state index contributed by atoms with van der Waals surface area (Å²) >= 11 is 5.63. The largest absolute Gasteiger partial charge is 0.324 e. The minimum Gasteiger partial charge on any atom is -0.324 e. The van der Waals surface area contributed by atoms with Gasteiger partial charge in [0.25, 0.3) is 0 Å². The lowest BCUT2D eigenvalue weighted by Gasteiger charge is -2.41. The van der Waals surface area contributed by atoms with E-state index in [-0.39, 0.29) is 10.9 Å². The first-order chi connectivity index (χ1) is 6.57. The topological polar surface area (TPSA) is 20.3 Å². The number of amides is 1. The zero-order valence-corrected chi connectivity index (χ0v) is 10.5. The highest BCUT2D eigenvalue weighted by Gasteiger charge is 2.33. The van der Waals surface area contributed by atoms with Gasteiger partial charge in [0.1, 0.15) is 0 Å². The molecule has 0 saturated carbocycles. The SMILES string of the molecule is CCCN(C(=O)Cl)C(CC)(CC)CC. The standard InChI is InChI=1S/C11H22ClNO/c1-5-9-13(10(12)14)11(6-2,7-3)8-4/h5-9H2,1-4H3. The van der Waals surface area contributed by atoms with E-state index in [1.54, 1.807) is 0 Å². The van der Waals surface area contributed by atoms with Crippen molar-refractivity contribution in [2.75, 3.05) is 6.54 Å². The molecule has 2 nitrogen and oxygen atoms in total. The van der Waals surface area contributed by atoms with Crippen molar-refractivity contribution in [3.8, 4) is 0 Å². The van der Waals surface area contributed by atoms with Crippen LogP contribution in [0.1, 0.15) is 53.4 Å². The molecule has 0 N–H and O–H groups in total. The maximum atomic E-state index is 11.3. The van der Waals surface area contributed by atoms with Crippen LogP contribution >= 0.6 is 11.6 Å². The fourth-order valence-electron chi connectivity index (χ4n) is 2.06. The summed E-state index contributed by atoms with van der Waals surface area (Å²) in [5.74, 6) is 0. The summed E-state index contributed by atoms with van der Waals surface area (Å²) in [7, 11) is 0. The molecule has 0 fully saturated rings. The molecule has 84 valence electrons. The van der Waals surface area contributed by atoms with E-state index in [1.807, 2.05) is 4.90 Å². The second-order valence-corrected chi connectivity index (χ2v) is 4.01. The molecular formula is C11H22ClNO. The first-order valence-corrected chi connectivity index (χ1v) is 5.92. The summed E-state index contributed by atoms with van der Waals surface area (Å²) in [5.41, 5.74) is -0.0329. The predicted molar refractivity (Wildman–Crippen MR) is 61.9 cm³/mol. The van der Waals surface area contributed by atoms with E-state index in [0.717, 1.165) is 32.2 Å². The minimum absolute atomic E-state index is 0.0329. The highest BCUT2D eigenvalue weighted by Crippen LogP contribution is 2.29. The Morgan fingerprint density at radius 3 is 1.79 bits per heavy atom. The van der Waals surface area contributed by atoms with E-state index in [0.29, 0.717) is 0 Å². The van der Waals surface area contributed by atoms with E-state index >= 15 is 0 Å². The molecule has 0 spiro atoms. The lowest BCUT2D eigenvalue weighted by Crippen LogP contribution is -2.49. The summed E-state index contributed by atoms with van der Waals surface area (Å²) in [4.78, 5) is 13.2. The monoisotopic (exact) mass is 219 g/mol. The normalized spacial score (nSPS) is 11.5. The Labute approximate surface area is 92.6 Å². The highest BCUT2D eigenvalue weighted by molar-refractivity contribution is 6.62. The highest BCUT2D eigenvalue weighted by atomic mass is 35.5. The third-order valence-electron chi connectivity index (χ3n) is 3.21. The third-order valence-corrected chi connectivity index (χ3v) is 3.41. The van der Waals surface area contributed by atoms with E-state index in [1.165, 1.54) is 0 Å². The van der Waals surface area contributed by atoms with Gasteiger partial charge < -0.3 is 4.90 Å². The summed E-state index contributed by atoms with van der Waals surface area (Å²) in [5, 5.41) is -0.308. The van der Waals surface area contributed by atoms with Gasteiger partial charge in [-0.05, 0) is 37.3 Å². The van der Waals surface area contributed by atoms with E-state index in [9.17, 15) is 4.79 Å². The number of carbonyl (C=O) groups is 1. The second-order valence-electron chi connectivity index (χ2n) is 3.69. The van der Waals surface area contributed by atoms with Crippen molar-refractivity contribution in [1.82, 2.24) is 4.90 Å². The molecule has 0 heterocycles. The van der Waals surface area contributed by atoms with Crippen LogP contribution in [0.15, 0.2) is 0 Å². The van der Waals surface area contributed by atoms with Crippen LogP contribution in [0.3, 0.4) is 0 Å². The number of rotatable bonds is 6. The number of nitrogens with zero attached hydrogens (tertiary/aromatic N) is 1. The second kappa shape index (κ2) is 6.28. The van der Waals surface area contributed by atoms with Crippen molar-refractivity contribution in [3.05, 3.63) is 0 Å². The Morgan fingerprint density at radius 1 is 1.14 bits per heavy atom. The van der Waals surface area contributed by atoms with Crippen molar-refractivity contribution in [1.29, 1.82) is 0 Å². The molecule has 0 atom stereocenters. The molecule has 0 radical (unpaired) electrons.